The maximum atomic E-state index is 12.3. The Labute approximate surface area is 125 Å². The quantitative estimate of drug-likeness (QED) is 0.919. The van der Waals surface area contributed by atoms with E-state index in [1.165, 1.54) is 0 Å². The molecule has 0 aromatic heterocycles. The van der Waals surface area contributed by atoms with E-state index in [4.69, 9.17) is 4.74 Å². The Kier molecular flexibility index (Phi) is 4.53. The number of sulfonamides is 1. The number of aryl methyl sites for hydroxylation is 2. The van der Waals surface area contributed by atoms with E-state index in [-0.39, 0.29) is 4.90 Å². The fourth-order valence-corrected chi connectivity index (χ4v) is 3.02. The minimum Gasteiger partial charge on any atom is -0.494 e. The summed E-state index contributed by atoms with van der Waals surface area (Å²) in [7, 11) is -3.57. The predicted octanol–water partition coefficient (Wildman–Crippen LogP) is 3.50. The second-order valence-electron chi connectivity index (χ2n) is 4.81. The van der Waals surface area contributed by atoms with Crippen molar-refractivity contribution in [2.24, 2.45) is 0 Å². The van der Waals surface area contributed by atoms with Crippen molar-refractivity contribution in [3.63, 3.8) is 0 Å². The van der Waals surface area contributed by atoms with Gasteiger partial charge in [-0.05, 0) is 68.3 Å². The van der Waals surface area contributed by atoms with Crippen LogP contribution in [0.5, 0.6) is 5.75 Å². The fourth-order valence-electron chi connectivity index (χ4n) is 1.88. The Morgan fingerprint density at radius 1 is 1.00 bits per heavy atom. The molecule has 0 radical (unpaired) electrons. The zero-order chi connectivity index (χ0) is 15.5. The average molecular weight is 305 g/mol. The largest absolute Gasteiger partial charge is 0.494 e. The van der Waals surface area contributed by atoms with Gasteiger partial charge in [-0.2, -0.15) is 0 Å². The van der Waals surface area contributed by atoms with E-state index in [2.05, 4.69) is 4.72 Å². The van der Waals surface area contributed by atoms with Gasteiger partial charge in [-0.25, -0.2) is 8.42 Å². The molecule has 0 fully saturated rings. The Morgan fingerprint density at radius 3 is 2.24 bits per heavy atom. The Morgan fingerprint density at radius 2 is 1.67 bits per heavy atom. The number of hydrogen-bond donors (Lipinski definition) is 1. The smallest absolute Gasteiger partial charge is 0.261 e. The van der Waals surface area contributed by atoms with Gasteiger partial charge in [0.2, 0.25) is 0 Å². The first-order valence-electron chi connectivity index (χ1n) is 6.75. The van der Waals surface area contributed by atoms with Crippen molar-refractivity contribution in [2.75, 3.05) is 11.3 Å². The van der Waals surface area contributed by atoms with Crippen LogP contribution in [0.15, 0.2) is 47.4 Å². The third kappa shape index (κ3) is 3.76. The van der Waals surface area contributed by atoms with Gasteiger partial charge in [-0.3, -0.25) is 4.72 Å². The van der Waals surface area contributed by atoms with E-state index in [0.717, 1.165) is 11.1 Å². The average Bonchev–Trinajstić information content (AvgIpc) is 2.44. The second kappa shape index (κ2) is 6.18. The van der Waals surface area contributed by atoms with Gasteiger partial charge >= 0.3 is 0 Å². The lowest BCUT2D eigenvalue weighted by Crippen LogP contribution is -2.13. The number of hydrogen-bond acceptors (Lipinski definition) is 3. The van der Waals surface area contributed by atoms with Crippen molar-refractivity contribution < 1.29 is 13.2 Å². The number of nitrogens with one attached hydrogen (secondary N) is 1. The van der Waals surface area contributed by atoms with Crippen molar-refractivity contribution in [3.8, 4) is 5.75 Å². The van der Waals surface area contributed by atoms with E-state index in [9.17, 15) is 8.42 Å². The van der Waals surface area contributed by atoms with Crippen LogP contribution in [-0.2, 0) is 10.0 Å². The number of rotatable bonds is 5. The molecule has 2 aromatic rings. The minimum atomic E-state index is -3.57. The van der Waals surface area contributed by atoms with E-state index in [1.807, 2.05) is 26.8 Å². The molecule has 0 heterocycles. The van der Waals surface area contributed by atoms with Crippen molar-refractivity contribution in [1.82, 2.24) is 0 Å². The van der Waals surface area contributed by atoms with Crippen LogP contribution < -0.4 is 9.46 Å². The molecule has 5 heteroatoms. The maximum Gasteiger partial charge on any atom is 0.261 e. The normalized spacial score (nSPS) is 11.2. The van der Waals surface area contributed by atoms with Gasteiger partial charge in [0.1, 0.15) is 5.75 Å². The molecule has 112 valence electrons. The first-order chi connectivity index (χ1) is 9.92. The molecule has 0 spiro atoms. The van der Waals surface area contributed by atoms with Crippen LogP contribution in [0, 0.1) is 13.8 Å². The summed E-state index contributed by atoms with van der Waals surface area (Å²) < 4.78 is 32.6. The van der Waals surface area contributed by atoms with Gasteiger partial charge < -0.3 is 4.74 Å². The number of benzene rings is 2. The summed E-state index contributed by atoms with van der Waals surface area (Å²) >= 11 is 0. The van der Waals surface area contributed by atoms with Gasteiger partial charge in [0.15, 0.2) is 0 Å². The molecule has 0 aliphatic carbocycles. The highest BCUT2D eigenvalue weighted by Crippen LogP contribution is 2.21. The molecule has 0 saturated carbocycles. The molecule has 4 nitrogen and oxygen atoms in total. The van der Waals surface area contributed by atoms with Crippen LogP contribution in [-0.4, -0.2) is 15.0 Å². The van der Waals surface area contributed by atoms with Gasteiger partial charge in [0.05, 0.1) is 11.5 Å². The van der Waals surface area contributed by atoms with Crippen molar-refractivity contribution in [2.45, 2.75) is 25.7 Å². The third-order valence-corrected chi connectivity index (χ3v) is 4.59. The van der Waals surface area contributed by atoms with E-state index < -0.39 is 10.0 Å². The summed E-state index contributed by atoms with van der Waals surface area (Å²) in [5.41, 5.74) is 2.52. The SMILES string of the molecule is CCOc1ccc(NS(=O)(=O)c2ccc(C)c(C)c2)cc1. The summed E-state index contributed by atoms with van der Waals surface area (Å²) in [4.78, 5) is 0.263. The van der Waals surface area contributed by atoms with Crippen molar-refractivity contribution in [1.29, 1.82) is 0 Å². The van der Waals surface area contributed by atoms with Crippen LogP contribution >= 0.6 is 0 Å². The molecule has 0 aliphatic heterocycles. The minimum absolute atomic E-state index is 0.263. The number of anilines is 1. The van der Waals surface area contributed by atoms with Crippen molar-refractivity contribution in [3.05, 3.63) is 53.6 Å². The molecule has 2 aromatic carbocycles. The van der Waals surface area contributed by atoms with Crippen LogP contribution in [0.1, 0.15) is 18.1 Å². The summed E-state index contributed by atoms with van der Waals surface area (Å²) in [6.45, 7) is 6.32. The van der Waals surface area contributed by atoms with E-state index in [1.54, 1.807) is 36.4 Å². The zero-order valence-corrected chi connectivity index (χ0v) is 13.2. The van der Waals surface area contributed by atoms with Crippen molar-refractivity contribution >= 4 is 15.7 Å². The van der Waals surface area contributed by atoms with E-state index >= 15 is 0 Å². The Hall–Kier alpha value is -2.01. The lowest BCUT2D eigenvalue weighted by atomic mass is 10.1. The first kappa shape index (κ1) is 15.4. The fraction of sp³-hybridized carbons (Fsp3) is 0.250. The molecule has 0 atom stereocenters. The lowest BCUT2D eigenvalue weighted by Gasteiger charge is -2.10. The van der Waals surface area contributed by atoms with Gasteiger partial charge in [-0.15, -0.1) is 0 Å². The Bertz CT molecular complexity index is 722. The molecule has 21 heavy (non-hydrogen) atoms. The topological polar surface area (TPSA) is 55.4 Å². The molecule has 2 rings (SSSR count). The molecule has 0 aliphatic rings. The highest BCUT2D eigenvalue weighted by Gasteiger charge is 2.14. The van der Waals surface area contributed by atoms with Crippen LogP contribution in [0.4, 0.5) is 5.69 Å². The summed E-state index contributed by atoms with van der Waals surface area (Å²) in [5, 5.41) is 0. The molecule has 0 saturated heterocycles. The van der Waals surface area contributed by atoms with Gasteiger partial charge in [0.25, 0.3) is 10.0 Å². The van der Waals surface area contributed by atoms with Crippen LogP contribution in [0.25, 0.3) is 0 Å². The highest BCUT2D eigenvalue weighted by atomic mass is 32.2. The standard InChI is InChI=1S/C16H19NO3S/c1-4-20-15-8-6-14(7-9-15)17-21(18,19)16-10-5-12(2)13(3)11-16/h5-11,17H,4H2,1-3H3. The molecule has 0 bridgehead atoms. The van der Waals surface area contributed by atoms with Gasteiger partial charge in [0, 0.05) is 5.69 Å². The molecule has 0 amide bonds. The second-order valence-corrected chi connectivity index (χ2v) is 6.49. The lowest BCUT2D eigenvalue weighted by molar-refractivity contribution is 0.340. The molecule has 1 N–H and O–H groups in total. The van der Waals surface area contributed by atoms with Crippen LogP contribution in [0.3, 0.4) is 0 Å². The molecular weight excluding hydrogens is 286 g/mol. The first-order valence-corrected chi connectivity index (χ1v) is 8.23. The monoisotopic (exact) mass is 305 g/mol. The Balaban J connectivity index is 2.22. The zero-order valence-electron chi connectivity index (χ0n) is 12.4. The van der Waals surface area contributed by atoms with Gasteiger partial charge in [-0.1, -0.05) is 6.07 Å². The highest BCUT2D eigenvalue weighted by molar-refractivity contribution is 7.92. The van der Waals surface area contributed by atoms with Crippen LogP contribution in [0.2, 0.25) is 0 Å². The maximum absolute atomic E-state index is 12.3. The number of ether oxygens (including phenoxy) is 1. The third-order valence-electron chi connectivity index (χ3n) is 3.21. The van der Waals surface area contributed by atoms with E-state index in [0.29, 0.717) is 18.0 Å². The molecular formula is C16H19NO3S. The summed E-state index contributed by atoms with van der Waals surface area (Å²) in [5.74, 6) is 0.714. The molecule has 0 unspecified atom stereocenters. The predicted molar refractivity (Wildman–Crippen MR) is 84.3 cm³/mol. The summed E-state index contributed by atoms with van der Waals surface area (Å²) in [6.07, 6.45) is 0. The summed E-state index contributed by atoms with van der Waals surface area (Å²) in [6, 6.07) is 11.9.